The van der Waals surface area contributed by atoms with Crippen LogP contribution in [0.3, 0.4) is 0 Å². The van der Waals surface area contributed by atoms with Gasteiger partial charge in [0.2, 0.25) is 0 Å². The number of rotatable bonds is 9. The second-order valence-corrected chi connectivity index (χ2v) is 11.4. The van der Waals surface area contributed by atoms with E-state index in [1.807, 2.05) is 12.1 Å². The molecule has 2 fully saturated rings. The van der Waals surface area contributed by atoms with Crippen LogP contribution in [0, 0.1) is 11.8 Å². The Morgan fingerprint density at radius 3 is 2.84 bits per heavy atom. The van der Waals surface area contributed by atoms with Crippen molar-refractivity contribution in [3.63, 3.8) is 0 Å². The van der Waals surface area contributed by atoms with E-state index in [-0.39, 0.29) is 35.6 Å². The van der Waals surface area contributed by atoms with Crippen LogP contribution in [-0.2, 0) is 26.8 Å². The Kier molecular flexibility index (Phi) is 10.1. The third-order valence-corrected chi connectivity index (χ3v) is 8.70. The molecule has 1 aromatic carbocycles. The summed E-state index contributed by atoms with van der Waals surface area (Å²) >= 11 is 8.27. The number of methoxy groups -OCH3 is 1. The van der Waals surface area contributed by atoms with E-state index in [0.717, 1.165) is 55.5 Å². The molecule has 2 aromatic rings. The average Bonchev–Trinajstić information content (AvgIpc) is 3.49. The number of esters is 1. The zero-order chi connectivity index (χ0) is 27.1. The largest absolute Gasteiger partial charge is 0.465 e. The third-order valence-electron chi connectivity index (χ3n) is 7.07. The highest BCUT2D eigenvalue weighted by Crippen LogP contribution is 2.42. The number of aryl methyl sites for hydroxylation is 1. The predicted octanol–water partition coefficient (Wildman–Crippen LogP) is 7.90. The van der Waals surface area contributed by atoms with E-state index in [1.165, 1.54) is 24.5 Å². The molecule has 1 aliphatic carbocycles. The standard InChI is InChI=1S/C29H32ClF3O4S/c1-35-28(34)26-15-14-21(38-26)10-6-11-22-23(25(18-24(22)30)37-27-13-2-3-16-36-27)12-5-8-19-7-4-9-20(17-19)29(31,32)33/h4,7-9,12,14-15,17,22-25,27H,2-3,6,10-11,13,16,18H2,1H3/t5?,22-,23-,24-,25-,27?/m1/s1. The van der Waals surface area contributed by atoms with Gasteiger partial charge in [-0.3, -0.25) is 0 Å². The monoisotopic (exact) mass is 568 g/mol. The second-order valence-electron chi connectivity index (χ2n) is 9.71. The van der Waals surface area contributed by atoms with Crippen LogP contribution in [0.5, 0.6) is 0 Å². The number of thiophene rings is 1. The molecule has 1 aliphatic heterocycles. The Balaban J connectivity index is 1.47. The molecule has 0 spiro atoms. The molecule has 0 amide bonds. The Morgan fingerprint density at radius 2 is 2.11 bits per heavy atom. The van der Waals surface area contributed by atoms with Crippen molar-refractivity contribution in [3.05, 3.63) is 69.1 Å². The van der Waals surface area contributed by atoms with Crippen molar-refractivity contribution in [3.8, 4) is 0 Å². The molecular weight excluding hydrogens is 537 g/mol. The molecule has 1 unspecified atom stereocenters. The maximum absolute atomic E-state index is 13.1. The summed E-state index contributed by atoms with van der Waals surface area (Å²) in [6.07, 6.45) is 4.79. The summed E-state index contributed by atoms with van der Waals surface area (Å²) in [6.45, 7) is 0.676. The zero-order valence-electron chi connectivity index (χ0n) is 21.2. The van der Waals surface area contributed by atoms with Crippen LogP contribution < -0.4 is 0 Å². The molecule has 1 saturated heterocycles. The van der Waals surface area contributed by atoms with Gasteiger partial charge in [0.15, 0.2) is 6.29 Å². The molecule has 0 N–H and O–H groups in total. The summed E-state index contributed by atoms with van der Waals surface area (Å²) < 4.78 is 56.2. The van der Waals surface area contributed by atoms with Gasteiger partial charge in [0.1, 0.15) is 4.88 Å². The lowest BCUT2D eigenvalue weighted by molar-refractivity contribution is -0.192. The number of alkyl halides is 4. The summed E-state index contributed by atoms with van der Waals surface area (Å²) in [5, 5.41) is -0.103. The molecule has 0 radical (unpaired) electrons. The van der Waals surface area contributed by atoms with Gasteiger partial charge >= 0.3 is 12.1 Å². The van der Waals surface area contributed by atoms with Crippen LogP contribution in [0.1, 0.15) is 64.2 Å². The Bertz CT molecular complexity index is 1130. The van der Waals surface area contributed by atoms with Crippen LogP contribution in [-0.4, -0.2) is 37.5 Å². The molecule has 5 atom stereocenters. The summed E-state index contributed by atoms with van der Waals surface area (Å²) in [5.41, 5.74) is 2.87. The van der Waals surface area contributed by atoms with Crippen molar-refractivity contribution in [1.29, 1.82) is 0 Å². The maximum Gasteiger partial charge on any atom is 0.416 e. The van der Waals surface area contributed by atoms with E-state index in [2.05, 4.69) is 5.73 Å². The number of carbonyl (C=O) groups is 1. The number of ether oxygens (including phenoxy) is 3. The smallest absolute Gasteiger partial charge is 0.416 e. The quantitative estimate of drug-likeness (QED) is 0.175. The number of benzene rings is 1. The fourth-order valence-corrected chi connectivity index (χ4v) is 6.57. The van der Waals surface area contributed by atoms with Crippen molar-refractivity contribution in [1.82, 2.24) is 0 Å². The van der Waals surface area contributed by atoms with Gasteiger partial charge in [-0.05, 0) is 92.8 Å². The molecule has 4 nitrogen and oxygen atoms in total. The molecule has 0 bridgehead atoms. The van der Waals surface area contributed by atoms with Crippen LogP contribution in [0.15, 0.2) is 48.2 Å². The average molecular weight is 569 g/mol. The first-order valence-corrected chi connectivity index (χ1v) is 14.2. The van der Waals surface area contributed by atoms with E-state index < -0.39 is 11.7 Å². The lowest BCUT2D eigenvalue weighted by Crippen LogP contribution is -2.30. The first kappa shape index (κ1) is 28.9. The minimum Gasteiger partial charge on any atom is -0.465 e. The Labute approximate surface area is 230 Å². The van der Waals surface area contributed by atoms with Crippen LogP contribution in [0.2, 0.25) is 0 Å². The van der Waals surface area contributed by atoms with Gasteiger partial charge in [0, 0.05) is 22.8 Å². The zero-order valence-corrected chi connectivity index (χ0v) is 22.8. The normalized spacial score (nSPS) is 25.6. The molecule has 1 aromatic heterocycles. The van der Waals surface area contributed by atoms with Crippen LogP contribution in [0.25, 0.3) is 6.08 Å². The third kappa shape index (κ3) is 7.73. The van der Waals surface area contributed by atoms with Crippen molar-refractivity contribution in [2.24, 2.45) is 11.8 Å². The minimum atomic E-state index is -4.39. The van der Waals surface area contributed by atoms with E-state index in [0.29, 0.717) is 23.5 Å². The van der Waals surface area contributed by atoms with Gasteiger partial charge < -0.3 is 14.2 Å². The lowest BCUT2D eigenvalue weighted by Gasteiger charge is -2.29. The highest BCUT2D eigenvalue weighted by Gasteiger charge is 2.42. The Hall–Kier alpha value is -2.09. The molecule has 38 heavy (non-hydrogen) atoms. The number of halogens is 4. The molecule has 206 valence electrons. The highest BCUT2D eigenvalue weighted by molar-refractivity contribution is 7.13. The van der Waals surface area contributed by atoms with Gasteiger partial charge in [-0.25, -0.2) is 4.79 Å². The molecule has 9 heteroatoms. The number of hydrogen-bond donors (Lipinski definition) is 0. The van der Waals surface area contributed by atoms with Gasteiger partial charge in [-0.15, -0.1) is 28.7 Å². The topological polar surface area (TPSA) is 44.8 Å². The van der Waals surface area contributed by atoms with Gasteiger partial charge in [-0.2, -0.15) is 13.2 Å². The summed E-state index contributed by atoms with van der Waals surface area (Å²) in [4.78, 5) is 13.4. The molecule has 2 heterocycles. The summed E-state index contributed by atoms with van der Waals surface area (Å²) in [6, 6.07) is 8.92. The maximum atomic E-state index is 13.1. The minimum absolute atomic E-state index is 0.0426. The van der Waals surface area contributed by atoms with E-state index in [9.17, 15) is 18.0 Å². The van der Waals surface area contributed by atoms with Crippen LogP contribution in [0.4, 0.5) is 13.2 Å². The SMILES string of the molecule is COC(=O)c1ccc(CCC[C@@H]2[C@@H](C=C=Cc3cccc(C(F)(F)F)c3)[C@H](OC3CCCCO3)C[C@H]2Cl)s1. The van der Waals surface area contributed by atoms with E-state index in [4.69, 9.17) is 25.8 Å². The highest BCUT2D eigenvalue weighted by atomic mass is 35.5. The van der Waals surface area contributed by atoms with Gasteiger partial charge in [-0.1, -0.05) is 12.1 Å². The number of hydrogen-bond acceptors (Lipinski definition) is 5. The molecular formula is C29H32ClF3O4S. The van der Waals surface area contributed by atoms with Gasteiger partial charge in [0.05, 0.1) is 18.8 Å². The van der Waals surface area contributed by atoms with Crippen molar-refractivity contribution < 1.29 is 32.2 Å². The van der Waals surface area contributed by atoms with E-state index in [1.54, 1.807) is 18.2 Å². The first-order chi connectivity index (χ1) is 18.2. The fourth-order valence-electron chi connectivity index (χ4n) is 5.13. The van der Waals surface area contributed by atoms with Crippen LogP contribution >= 0.6 is 22.9 Å². The number of carbonyl (C=O) groups excluding carboxylic acids is 1. The summed E-state index contributed by atoms with van der Waals surface area (Å²) in [5.74, 6) is -0.257. The first-order valence-electron chi connectivity index (χ1n) is 12.9. The second kappa shape index (κ2) is 13.3. The predicted molar refractivity (Wildman–Crippen MR) is 142 cm³/mol. The fraction of sp³-hybridized carbons (Fsp3) is 0.517. The molecule has 4 rings (SSSR count). The van der Waals surface area contributed by atoms with Crippen molar-refractivity contribution >= 4 is 35.0 Å². The molecule has 1 saturated carbocycles. The van der Waals surface area contributed by atoms with Crippen molar-refractivity contribution in [2.75, 3.05) is 13.7 Å². The Morgan fingerprint density at radius 1 is 1.26 bits per heavy atom. The van der Waals surface area contributed by atoms with E-state index >= 15 is 0 Å². The lowest BCUT2D eigenvalue weighted by atomic mass is 9.89. The summed E-state index contributed by atoms with van der Waals surface area (Å²) in [7, 11) is 1.37. The van der Waals surface area contributed by atoms with Crippen molar-refractivity contribution in [2.45, 2.75) is 68.9 Å². The molecule has 2 aliphatic rings. The van der Waals surface area contributed by atoms with Gasteiger partial charge in [0.25, 0.3) is 0 Å².